The van der Waals surface area contributed by atoms with E-state index in [0.29, 0.717) is 0 Å². The van der Waals surface area contributed by atoms with Gasteiger partial charge in [0.1, 0.15) is 0 Å². The fourth-order valence-corrected chi connectivity index (χ4v) is 3.52. The molecule has 0 aliphatic heterocycles. The zero-order chi connectivity index (χ0) is 13.2. The lowest BCUT2D eigenvalue weighted by atomic mass is 10.0. The first kappa shape index (κ1) is 13.0. The van der Waals surface area contributed by atoms with E-state index in [-0.39, 0.29) is 6.04 Å². The van der Waals surface area contributed by atoms with E-state index >= 15 is 0 Å². The van der Waals surface area contributed by atoms with Crippen LogP contribution >= 0.6 is 33.9 Å². The summed E-state index contributed by atoms with van der Waals surface area (Å²) in [7, 11) is 0. The lowest BCUT2D eigenvalue weighted by Gasteiger charge is -2.15. The van der Waals surface area contributed by atoms with Crippen LogP contribution < -0.4 is 11.3 Å². The van der Waals surface area contributed by atoms with E-state index in [4.69, 9.17) is 5.84 Å². The molecule has 1 aromatic carbocycles. The van der Waals surface area contributed by atoms with Gasteiger partial charge in [0.2, 0.25) is 0 Å². The van der Waals surface area contributed by atoms with E-state index in [0.717, 1.165) is 16.5 Å². The predicted octanol–water partition coefficient (Wildman–Crippen LogP) is 3.45. The Morgan fingerprint density at radius 3 is 2.84 bits per heavy atom. The Kier molecular flexibility index (Phi) is 3.79. The first-order chi connectivity index (χ1) is 9.28. The topological polar surface area (TPSA) is 50.9 Å². The van der Waals surface area contributed by atoms with E-state index in [1.54, 1.807) is 11.3 Å². The molecule has 0 bridgehead atoms. The molecule has 96 valence electrons. The number of halogens is 1. The number of hydrazine groups is 1. The van der Waals surface area contributed by atoms with E-state index < -0.39 is 0 Å². The highest BCUT2D eigenvalue weighted by molar-refractivity contribution is 14.1. The van der Waals surface area contributed by atoms with Crippen LogP contribution in [0.15, 0.2) is 48.0 Å². The average Bonchev–Trinajstić information content (AvgIpc) is 2.86. The highest BCUT2D eigenvalue weighted by atomic mass is 127. The molecule has 5 heteroatoms. The molecule has 2 heterocycles. The molecule has 1 atom stereocenters. The van der Waals surface area contributed by atoms with Gasteiger partial charge in [0, 0.05) is 11.6 Å². The van der Waals surface area contributed by atoms with E-state index in [2.05, 4.69) is 68.7 Å². The number of rotatable bonds is 3. The van der Waals surface area contributed by atoms with Crippen LogP contribution in [0.2, 0.25) is 0 Å². The first-order valence-electron chi connectivity index (χ1n) is 5.82. The van der Waals surface area contributed by atoms with Crippen LogP contribution in [0.4, 0.5) is 0 Å². The van der Waals surface area contributed by atoms with Gasteiger partial charge < -0.3 is 0 Å². The van der Waals surface area contributed by atoms with Gasteiger partial charge in [0.05, 0.1) is 14.4 Å². The summed E-state index contributed by atoms with van der Waals surface area (Å²) in [6.45, 7) is 0. The molecule has 0 saturated heterocycles. The van der Waals surface area contributed by atoms with Crippen molar-refractivity contribution in [3.63, 3.8) is 0 Å². The van der Waals surface area contributed by atoms with Crippen LogP contribution in [0.25, 0.3) is 10.9 Å². The average molecular weight is 381 g/mol. The molecule has 0 aliphatic carbocycles. The lowest BCUT2D eigenvalue weighted by Crippen LogP contribution is -2.28. The summed E-state index contributed by atoms with van der Waals surface area (Å²) in [6.07, 6.45) is 1.81. The standard InChI is InChI=1S/C14H12IN3S/c15-13-7-11(8-19-13)14(18-16)10-4-3-9-2-1-5-17-12(9)6-10/h1-8,14,18H,16H2. The Labute approximate surface area is 129 Å². The summed E-state index contributed by atoms with van der Waals surface area (Å²) < 4.78 is 1.26. The van der Waals surface area contributed by atoms with Crippen LogP contribution in [0.3, 0.4) is 0 Å². The first-order valence-corrected chi connectivity index (χ1v) is 7.78. The summed E-state index contributed by atoms with van der Waals surface area (Å²) in [5.74, 6) is 5.72. The zero-order valence-corrected chi connectivity index (χ0v) is 13.0. The summed E-state index contributed by atoms with van der Waals surface area (Å²) in [6, 6.07) is 12.4. The summed E-state index contributed by atoms with van der Waals surface area (Å²) in [4.78, 5) is 4.39. The number of thiophene rings is 1. The van der Waals surface area contributed by atoms with Crippen LogP contribution in [-0.2, 0) is 0 Å². The number of nitrogens with zero attached hydrogens (tertiary/aromatic N) is 1. The molecule has 3 N–H and O–H groups in total. The Balaban J connectivity index is 2.06. The van der Waals surface area contributed by atoms with Crippen molar-refractivity contribution in [2.75, 3.05) is 0 Å². The minimum absolute atomic E-state index is 0.00571. The second-order valence-electron chi connectivity index (χ2n) is 4.24. The largest absolute Gasteiger partial charge is 0.271 e. The van der Waals surface area contributed by atoms with Crippen molar-refractivity contribution < 1.29 is 0 Å². The molecule has 2 aromatic heterocycles. The number of benzene rings is 1. The minimum Gasteiger partial charge on any atom is -0.271 e. The van der Waals surface area contributed by atoms with Crippen molar-refractivity contribution in [1.82, 2.24) is 10.4 Å². The maximum absolute atomic E-state index is 5.72. The van der Waals surface area contributed by atoms with Crippen LogP contribution in [-0.4, -0.2) is 4.98 Å². The van der Waals surface area contributed by atoms with Gasteiger partial charge in [-0.05, 0) is 57.3 Å². The fraction of sp³-hybridized carbons (Fsp3) is 0.0714. The lowest BCUT2D eigenvalue weighted by molar-refractivity contribution is 0.639. The van der Waals surface area contributed by atoms with Gasteiger partial charge in [-0.3, -0.25) is 10.8 Å². The molecule has 1 unspecified atom stereocenters. The van der Waals surface area contributed by atoms with Crippen molar-refractivity contribution in [3.05, 3.63) is 62.0 Å². The molecule has 3 rings (SSSR count). The molecule has 0 saturated carbocycles. The molecular weight excluding hydrogens is 369 g/mol. The second kappa shape index (κ2) is 5.54. The summed E-state index contributed by atoms with van der Waals surface area (Å²) >= 11 is 4.04. The molecule has 0 fully saturated rings. The Bertz CT molecular complexity index is 710. The van der Waals surface area contributed by atoms with Crippen LogP contribution in [0, 0.1) is 2.88 Å². The summed E-state index contributed by atoms with van der Waals surface area (Å²) in [5, 5.41) is 3.27. The number of aromatic nitrogens is 1. The zero-order valence-electron chi connectivity index (χ0n) is 10.0. The maximum Gasteiger partial charge on any atom is 0.0719 e. The quantitative estimate of drug-likeness (QED) is 0.415. The normalized spacial score (nSPS) is 12.7. The van der Waals surface area contributed by atoms with Gasteiger partial charge in [-0.1, -0.05) is 18.2 Å². The molecular formula is C14H12IN3S. The van der Waals surface area contributed by atoms with E-state index in [1.807, 2.05) is 12.3 Å². The molecule has 3 nitrogen and oxygen atoms in total. The number of nitrogens with two attached hydrogens (primary N) is 1. The van der Waals surface area contributed by atoms with Gasteiger partial charge in [0.25, 0.3) is 0 Å². The van der Waals surface area contributed by atoms with Gasteiger partial charge in [-0.25, -0.2) is 5.43 Å². The third-order valence-electron chi connectivity index (χ3n) is 3.05. The molecule has 19 heavy (non-hydrogen) atoms. The highest BCUT2D eigenvalue weighted by Crippen LogP contribution is 2.28. The van der Waals surface area contributed by atoms with E-state index in [9.17, 15) is 0 Å². The Morgan fingerprint density at radius 1 is 1.21 bits per heavy atom. The van der Waals surface area contributed by atoms with Gasteiger partial charge in [-0.15, -0.1) is 11.3 Å². The van der Waals surface area contributed by atoms with Crippen LogP contribution in [0.5, 0.6) is 0 Å². The minimum atomic E-state index is 0.00571. The number of hydrogen-bond donors (Lipinski definition) is 2. The number of fused-ring (bicyclic) bond motifs is 1. The highest BCUT2D eigenvalue weighted by Gasteiger charge is 2.14. The third-order valence-corrected chi connectivity index (χ3v) is 4.86. The molecule has 0 aliphatic rings. The second-order valence-corrected chi connectivity index (χ2v) is 7.04. The van der Waals surface area contributed by atoms with Crippen molar-refractivity contribution in [2.45, 2.75) is 6.04 Å². The molecule has 0 radical (unpaired) electrons. The van der Waals surface area contributed by atoms with Crippen molar-refractivity contribution in [2.24, 2.45) is 5.84 Å². The SMILES string of the molecule is NNC(c1csc(I)c1)c1ccc2cccnc2c1. The van der Waals surface area contributed by atoms with Gasteiger partial charge in [0.15, 0.2) is 0 Å². The van der Waals surface area contributed by atoms with Crippen molar-refractivity contribution in [1.29, 1.82) is 0 Å². The molecule has 0 spiro atoms. The van der Waals surface area contributed by atoms with Gasteiger partial charge >= 0.3 is 0 Å². The van der Waals surface area contributed by atoms with Crippen molar-refractivity contribution >= 4 is 44.8 Å². The Morgan fingerprint density at radius 2 is 2.11 bits per heavy atom. The van der Waals surface area contributed by atoms with E-state index in [1.165, 1.54) is 8.45 Å². The van der Waals surface area contributed by atoms with Crippen molar-refractivity contribution in [3.8, 4) is 0 Å². The Hall–Kier alpha value is -1.02. The number of nitrogens with one attached hydrogen (secondary N) is 1. The number of pyridine rings is 1. The number of hydrogen-bond acceptors (Lipinski definition) is 4. The smallest absolute Gasteiger partial charge is 0.0719 e. The third kappa shape index (κ3) is 2.64. The van der Waals surface area contributed by atoms with Crippen LogP contribution in [0.1, 0.15) is 17.2 Å². The summed E-state index contributed by atoms with van der Waals surface area (Å²) in [5.41, 5.74) is 6.19. The fourth-order valence-electron chi connectivity index (χ4n) is 2.12. The maximum atomic E-state index is 5.72. The van der Waals surface area contributed by atoms with Gasteiger partial charge in [-0.2, -0.15) is 0 Å². The monoisotopic (exact) mass is 381 g/mol. The molecule has 0 amide bonds. The molecule has 3 aromatic rings. The predicted molar refractivity (Wildman–Crippen MR) is 87.9 cm³/mol.